The Bertz CT molecular complexity index is 260. The van der Waals surface area contributed by atoms with Crippen LogP contribution < -0.4 is 5.32 Å². The second kappa shape index (κ2) is 4.84. The van der Waals surface area contributed by atoms with Crippen molar-refractivity contribution in [3.8, 4) is 0 Å². The summed E-state index contributed by atoms with van der Waals surface area (Å²) in [7, 11) is 0. The van der Waals surface area contributed by atoms with Gasteiger partial charge in [0.2, 0.25) is 0 Å². The molecule has 0 aliphatic rings. The molecular weight excluding hydrogens is 190 g/mol. The lowest BCUT2D eigenvalue weighted by atomic mass is 10.2. The Morgan fingerprint density at radius 1 is 1.69 bits per heavy atom. The second-order valence-corrected chi connectivity index (χ2v) is 3.53. The fraction of sp³-hybridized carbons (Fsp3) is 0.375. The highest BCUT2D eigenvalue weighted by Gasteiger charge is 2.07. The molecule has 0 saturated heterocycles. The molecule has 0 spiro atoms. The summed E-state index contributed by atoms with van der Waals surface area (Å²) in [5, 5.41) is 21.8. The van der Waals surface area contributed by atoms with Gasteiger partial charge in [0.05, 0.1) is 6.10 Å². The summed E-state index contributed by atoms with van der Waals surface area (Å²) < 4.78 is 0. The van der Waals surface area contributed by atoms with Crippen LogP contribution in [0.4, 0.5) is 4.79 Å². The number of hydrogen-bond donors (Lipinski definition) is 3. The molecule has 1 atom stereocenters. The number of hydrogen-bond acceptors (Lipinski definition) is 3. The Balaban J connectivity index is 2.26. The van der Waals surface area contributed by atoms with Crippen molar-refractivity contribution in [2.24, 2.45) is 0 Å². The first-order chi connectivity index (χ1) is 6.20. The molecule has 1 rings (SSSR count). The minimum absolute atomic E-state index is 0.272. The fourth-order valence-corrected chi connectivity index (χ4v) is 1.69. The molecule has 0 radical (unpaired) electrons. The number of nitrogens with one attached hydrogen (secondary N) is 1. The SMILES string of the molecule is O=C(O)NCCC(O)c1cccs1. The van der Waals surface area contributed by atoms with Crippen molar-refractivity contribution < 1.29 is 15.0 Å². The topological polar surface area (TPSA) is 69.6 Å². The standard InChI is InChI=1S/C8H11NO3S/c10-6(3-4-9-8(11)12)7-2-1-5-13-7/h1-2,5-6,9-10H,3-4H2,(H,11,12). The molecule has 0 saturated carbocycles. The number of rotatable bonds is 4. The van der Waals surface area contributed by atoms with E-state index >= 15 is 0 Å². The van der Waals surface area contributed by atoms with E-state index in [-0.39, 0.29) is 6.54 Å². The first-order valence-corrected chi connectivity index (χ1v) is 4.76. The van der Waals surface area contributed by atoms with Crippen LogP contribution in [0.25, 0.3) is 0 Å². The highest BCUT2D eigenvalue weighted by Crippen LogP contribution is 2.20. The van der Waals surface area contributed by atoms with Crippen LogP contribution in [-0.2, 0) is 0 Å². The molecule has 0 fully saturated rings. The Kier molecular flexibility index (Phi) is 3.72. The van der Waals surface area contributed by atoms with Crippen molar-refractivity contribution in [2.75, 3.05) is 6.54 Å². The molecule has 72 valence electrons. The number of carbonyl (C=O) groups is 1. The van der Waals surface area contributed by atoms with Gasteiger partial charge < -0.3 is 15.5 Å². The number of carboxylic acid groups (broad SMARTS) is 1. The van der Waals surface area contributed by atoms with E-state index in [9.17, 15) is 9.90 Å². The number of aliphatic hydroxyl groups is 1. The summed E-state index contributed by atoms with van der Waals surface area (Å²) in [6.07, 6.45) is -1.21. The number of aliphatic hydroxyl groups excluding tert-OH is 1. The van der Waals surface area contributed by atoms with Crippen molar-refractivity contribution in [3.63, 3.8) is 0 Å². The van der Waals surface area contributed by atoms with Crippen LogP contribution in [0.2, 0.25) is 0 Å². The molecule has 0 bridgehead atoms. The summed E-state index contributed by atoms with van der Waals surface area (Å²) >= 11 is 1.46. The van der Waals surface area contributed by atoms with Gasteiger partial charge in [-0.05, 0) is 17.9 Å². The Labute approximate surface area is 79.8 Å². The summed E-state index contributed by atoms with van der Waals surface area (Å²) in [4.78, 5) is 10.9. The largest absolute Gasteiger partial charge is 0.465 e. The van der Waals surface area contributed by atoms with Gasteiger partial charge in [0, 0.05) is 11.4 Å². The van der Waals surface area contributed by atoms with Gasteiger partial charge in [-0.3, -0.25) is 0 Å². The van der Waals surface area contributed by atoms with Crippen LogP contribution in [0.3, 0.4) is 0 Å². The number of thiophene rings is 1. The zero-order valence-corrected chi connectivity index (χ0v) is 7.75. The van der Waals surface area contributed by atoms with E-state index in [4.69, 9.17) is 5.11 Å². The predicted octanol–water partition coefficient (Wildman–Crippen LogP) is 1.44. The minimum atomic E-state index is -1.06. The smallest absolute Gasteiger partial charge is 0.404 e. The Morgan fingerprint density at radius 3 is 3.00 bits per heavy atom. The van der Waals surface area contributed by atoms with E-state index in [2.05, 4.69) is 5.32 Å². The first-order valence-electron chi connectivity index (χ1n) is 3.88. The minimum Gasteiger partial charge on any atom is -0.465 e. The van der Waals surface area contributed by atoms with E-state index in [0.29, 0.717) is 6.42 Å². The van der Waals surface area contributed by atoms with E-state index in [1.54, 1.807) is 0 Å². The van der Waals surface area contributed by atoms with Crippen LogP contribution in [0.1, 0.15) is 17.4 Å². The van der Waals surface area contributed by atoms with Gasteiger partial charge in [-0.15, -0.1) is 11.3 Å². The molecule has 1 unspecified atom stereocenters. The summed E-state index contributed by atoms with van der Waals surface area (Å²) in [5.74, 6) is 0. The highest BCUT2D eigenvalue weighted by molar-refractivity contribution is 7.10. The van der Waals surface area contributed by atoms with Crippen molar-refractivity contribution in [1.29, 1.82) is 0 Å². The molecule has 1 heterocycles. The first kappa shape index (κ1) is 10.0. The molecular formula is C8H11NO3S. The van der Waals surface area contributed by atoms with E-state index in [1.165, 1.54) is 11.3 Å². The molecule has 4 nitrogen and oxygen atoms in total. The molecule has 1 aromatic rings. The van der Waals surface area contributed by atoms with Crippen LogP contribution >= 0.6 is 11.3 Å². The highest BCUT2D eigenvalue weighted by atomic mass is 32.1. The summed E-state index contributed by atoms with van der Waals surface area (Å²) in [6, 6.07) is 3.68. The molecule has 1 aromatic heterocycles. The summed E-state index contributed by atoms with van der Waals surface area (Å²) in [5.41, 5.74) is 0. The van der Waals surface area contributed by atoms with Crippen molar-refractivity contribution >= 4 is 17.4 Å². The van der Waals surface area contributed by atoms with Crippen molar-refractivity contribution in [3.05, 3.63) is 22.4 Å². The molecule has 3 N–H and O–H groups in total. The molecule has 0 aliphatic carbocycles. The quantitative estimate of drug-likeness (QED) is 0.690. The summed E-state index contributed by atoms with van der Waals surface area (Å²) in [6.45, 7) is 0.272. The average molecular weight is 201 g/mol. The molecule has 13 heavy (non-hydrogen) atoms. The Morgan fingerprint density at radius 2 is 2.46 bits per heavy atom. The normalized spacial score (nSPS) is 12.4. The van der Waals surface area contributed by atoms with Gasteiger partial charge in [-0.25, -0.2) is 4.79 Å². The lowest BCUT2D eigenvalue weighted by Crippen LogP contribution is -2.23. The lowest BCUT2D eigenvalue weighted by Gasteiger charge is -2.07. The molecule has 1 amide bonds. The fourth-order valence-electron chi connectivity index (χ4n) is 0.939. The van der Waals surface area contributed by atoms with E-state index < -0.39 is 12.2 Å². The zero-order valence-electron chi connectivity index (χ0n) is 6.93. The monoisotopic (exact) mass is 201 g/mol. The van der Waals surface area contributed by atoms with Crippen LogP contribution in [0, 0.1) is 0 Å². The molecule has 0 aromatic carbocycles. The molecule has 5 heteroatoms. The zero-order chi connectivity index (χ0) is 9.68. The van der Waals surface area contributed by atoms with Crippen LogP contribution in [0.5, 0.6) is 0 Å². The number of amides is 1. The van der Waals surface area contributed by atoms with E-state index in [1.807, 2.05) is 17.5 Å². The predicted molar refractivity (Wildman–Crippen MR) is 49.9 cm³/mol. The Hall–Kier alpha value is -1.07. The van der Waals surface area contributed by atoms with Gasteiger partial charge in [0.1, 0.15) is 0 Å². The third kappa shape index (κ3) is 3.43. The van der Waals surface area contributed by atoms with Gasteiger partial charge in [0.15, 0.2) is 0 Å². The maximum Gasteiger partial charge on any atom is 0.404 e. The maximum absolute atomic E-state index is 10.1. The van der Waals surface area contributed by atoms with Crippen LogP contribution in [0.15, 0.2) is 17.5 Å². The van der Waals surface area contributed by atoms with Crippen molar-refractivity contribution in [2.45, 2.75) is 12.5 Å². The van der Waals surface area contributed by atoms with E-state index in [0.717, 1.165) is 4.88 Å². The molecule has 0 aliphatic heterocycles. The van der Waals surface area contributed by atoms with Gasteiger partial charge >= 0.3 is 6.09 Å². The van der Waals surface area contributed by atoms with Gasteiger partial charge in [0.25, 0.3) is 0 Å². The maximum atomic E-state index is 10.1. The third-order valence-corrected chi connectivity index (χ3v) is 2.54. The van der Waals surface area contributed by atoms with Crippen LogP contribution in [-0.4, -0.2) is 22.9 Å². The van der Waals surface area contributed by atoms with Gasteiger partial charge in [-0.1, -0.05) is 6.07 Å². The van der Waals surface area contributed by atoms with Crippen molar-refractivity contribution in [1.82, 2.24) is 5.32 Å². The van der Waals surface area contributed by atoms with Gasteiger partial charge in [-0.2, -0.15) is 0 Å². The average Bonchev–Trinajstić information content (AvgIpc) is 2.55. The lowest BCUT2D eigenvalue weighted by molar-refractivity contribution is 0.165. The third-order valence-electron chi connectivity index (χ3n) is 1.57. The second-order valence-electron chi connectivity index (χ2n) is 2.55.